The molecule has 1 heterocycles. The molecule has 0 aromatic carbocycles. The van der Waals surface area contributed by atoms with E-state index < -0.39 is 12.0 Å². The first-order valence-corrected chi connectivity index (χ1v) is 6.09. The van der Waals surface area contributed by atoms with Gasteiger partial charge in [-0.3, -0.25) is 5.43 Å². The normalized spacial score (nSPS) is 21.1. The number of carboxylic acids is 1. The maximum Gasteiger partial charge on any atom is 0.327 e. The van der Waals surface area contributed by atoms with Gasteiger partial charge in [0.25, 0.3) is 0 Å². The molecule has 102 valence electrons. The van der Waals surface area contributed by atoms with Crippen molar-refractivity contribution in [3.05, 3.63) is 12.2 Å². The molecule has 0 aromatic rings. The predicted molar refractivity (Wildman–Crippen MR) is 65.8 cm³/mol. The van der Waals surface area contributed by atoms with Crippen LogP contribution in [0.4, 0.5) is 0 Å². The second kappa shape index (κ2) is 8.60. The highest BCUT2D eigenvalue weighted by Gasteiger charge is 2.16. The second-order valence-electron chi connectivity index (χ2n) is 4.01. The fraction of sp³-hybridized carbons (Fsp3) is 0.727. The lowest BCUT2D eigenvalue weighted by Gasteiger charge is -2.14. The first-order chi connectivity index (χ1) is 8.74. The van der Waals surface area contributed by atoms with Gasteiger partial charge in [0, 0.05) is 6.42 Å². The van der Waals surface area contributed by atoms with E-state index in [4.69, 9.17) is 15.6 Å². The highest BCUT2D eigenvalue weighted by molar-refractivity contribution is 5.73. The van der Waals surface area contributed by atoms with Crippen LogP contribution in [0.1, 0.15) is 25.7 Å². The monoisotopic (exact) mass is 256 g/mol. The standard InChI is InChI=1S/C11H20N4O3/c12-7-3-1-5-9(11(16)17)13-15-14-10-6-2-4-8-18-10/h2,4,9-10H,1,3,5-8,12H2,(H,13,14)(H,16,17)/t9-,10?/m0/s1. The molecule has 0 saturated heterocycles. The summed E-state index contributed by atoms with van der Waals surface area (Å²) in [5.41, 5.74) is 7.89. The van der Waals surface area contributed by atoms with Crippen LogP contribution in [0, 0.1) is 0 Å². The van der Waals surface area contributed by atoms with Crippen LogP contribution in [-0.2, 0) is 9.53 Å². The van der Waals surface area contributed by atoms with E-state index in [-0.39, 0.29) is 6.23 Å². The van der Waals surface area contributed by atoms with E-state index in [9.17, 15) is 4.79 Å². The van der Waals surface area contributed by atoms with Crippen LogP contribution in [-0.4, -0.2) is 36.5 Å². The zero-order valence-electron chi connectivity index (χ0n) is 10.3. The van der Waals surface area contributed by atoms with Crippen LogP contribution >= 0.6 is 0 Å². The van der Waals surface area contributed by atoms with E-state index >= 15 is 0 Å². The Morgan fingerprint density at radius 2 is 2.39 bits per heavy atom. The van der Waals surface area contributed by atoms with Gasteiger partial charge >= 0.3 is 5.97 Å². The van der Waals surface area contributed by atoms with Gasteiger partial charge in [0.15, 0.2) is 6.23 Å². The minimum absolute atomic E-state index is 0.319. The zero-order chi connectivity index (χ0) is 13.2. The first-order valence-electron chi connectivity index (χ1n) is 6.09. The third kappa shape index (κ3) is 5.74. The maximum absolute atomic E-state index is 10.9. The molecule has 1 rings (SSSR count). The van der Waals surface area contributed by atoms with Crippen molar-refractivity contribution < 1.29 is 14.6 Å². The average Bonchev–Trinajstić information content (AvgIpc) is 2.38. The van der Waals surface area contributed by atoms with Gasteiger partial charge in [-0.2, -0.15) is 0 Å². The molecular weight excluding hydrogens is 236 g/mol. The average molecular weight is 256 g/mol. The number of ether oxygens (including phenoxy) is 1. The zero-order valence-corrected chi connectivity index (χ0v) is 10.3. The number of unbranched alkanes of at least 4 members (excludes halogenated alkanes) is 1. The summed E-state index contributed by atoms with van der Waals surface area (Å²) in [6.07, 6.45) is 6.25. The van der Waals surface area contributed by atoms with Crippen LogP contribution in [0.15, 0.2) is 22.5 Å². The highest BCUT2D eigenvalue weighted by atomic mass is 16.5. The molecule has 0 radical (unpaired) electrons. The number of nitrogens with one attached hydrogen (secondary N) is 1. The summed E-state index contributed by atoms with van der Waals surface area (Å²) in [4.78, 5) is 10.9. The van der Waals surface area contributed by atoms with Crippen LogP contribution in [0.25, 0.3) is 0 Å². The molecule has 1 aliphatic rings. The van der Waals surface area contributed by atoms with Crippen molar-refractivity contribution in [2.24, 2.45) is 16.1 Å². The van der Waals surface area contributed by atoms with Crippen molar-refractivity contribution in [3.8, 4) is 0 Å². The summed E-state index contributed by atoms with van der Waals surface area (Å²) in [5, 5.41) is 16.6. The Bertz CT molecular complexity index is 307. The molecule has 2 atom stereocenters. The van der Waals surface area contributed by atoms with Crippen molar-refractivity contribution in [1.29, 1.82) is 0 Å². The van der Waals surface area contributed by atoms with E-state index in [0.29, 0.717) is 26.0 Å². The van der Waals surface area contributed by atoms with E-state index in [1.165, 1.54) is 0 Å². The smallest absolute Gasteiger partial charge is 0.327 e. The quantitative estimate of drug-likeness (QED) is 0.258. The Labute approximate surface area is 106 Å². The second-order valence-corrected chi connectivity index (χ2v) is 4.01. The SMILES string of the molecule is NCCCC[C@H](NN=NC1CC=CCO1)C(=O)O. The van der Waals surface area contributed by atoms with Crippen molar-refractivity contribution in [2.45, 2.75) is 38.0 Å². The molecule has 0 aliphatic carbocycles. The lowest BCUT2D eigenvalue weighted by Crippen LogP contribution is -2.33. The van der Waals surface area contributed by atoms with Gasteiger partial charge < -0.3 is 15.6 Å². The predicted octanol–water partition coefficient (Wildman–Crippen LogP) is 0.828. The minimum atomic E-state index is -0.935. The topological polar surface area (TPSA) is 109 Å². The highest BCUT2D eigenvalue weighted by Crippen LogP contribution is 2.07. The molecule has 1 aliphatic heterocycles. The Kier molecular flexibility index (Phi) is 6.97. The molecule has 0 fully saturated rings. The first kappa shape index (κ1) is 14.6. The van der Waals surface area contributed by atoms with Crippen LogP contribution in [0.3, 0.4) is 0 Å². The van der Waals surface area contributed by atoms with Crippen molar-refractivity contribution >= 4 is 5.97 Å². The fourth-order valence-electron chi connectivity index (χ4n) is 1.50. The van der Waals surface area contributed by atoms with Gasteiger partial charge in [0.1, 0.15) is 6.04 Å². The maximum atomic E-state index is 10.9. The van der Waals surface area contributed by atoms with Gasteiger partial charge in [-0.1, -0.05) is 17.4 Å². The van der Waals surface area contributed by atoms with Crippen LogP contribution in [0.5, 0.6) is 0 Å². The van der Waals surface area contributed by atoms with Gasteiger partial charge in [0.2, 0.25) is 0 Å². The summed E-state index contributed by atoms with van der Waals surface area (Å²) in [6, 6.07) is -0.723. The van der Waals surface area contributed by atoms with Crippen molar-refractivity contribution in [3.63, 3.8) is 0 Å². The molecule has 0 bridgehead atoms. The molecule has 0 amide bonds. The summed E-state index contributed by atoms with van der Waals surface area (Å²) in [5.74, 6) is -0.935. The molecule has 0 aromatic heterocycles. The van der Waals surface area contributed by atoms with Gasteiger partial charge in [0.05, 0.1) is 6.61 Å². The van der Waals surface area contributed by atoms with E-state index in [1.54, 1.807) is 0 Å². The van der Waals surface area contributed by atoms with Gasteiger partial charge in [-0.25, -0.2) is 4.79 Å². The third-order valence-corrected chi connectivity index (χ3v) is 2.53. The molecule has 7 heteroatoms. The lowest BCUT2D eigenvalue weighted by molar-refractivity contribution is -0.139. The summed E-state index contributed by atoms with van der Waals surface area (Å²) in [6.45, 7) is 1.08. The van der Waals surface area contributed by atoms with E-state index in [2.05, 4.69) is 15.8 Å². The Hall–Kier alpha value is -1.47. The molecule has 0 spiro atoms. The Morgan fingerprint density at radius 1 is 1.56 bits per heavy atom. The Morgan fingerprint density at radius 3 is 3.00 bits per heavy atom. The summed E-state index contributed by atoms with van der Waals surface area (Å²) < 4.78 is 5.27. The molecule has 18 heavy (non-hydrogen) atoms. The van der Waals surface area contributed by atoms with Crippen molar-refractivity contribution in [1.82, 2.24) is 5.43 Å². The molecule has 7 nitrogen and oxygen atoms in total. The van der Waals surface area contributed by atoms with Gasteiger partial charge in [-0.15, -0.1) is 5.11 Å². The molecular formula is C11H20N4O3. The molecule has 0 saturated carbocycles. The molecule has 4 N–H and O–H groups in total. The van der Waals surface area contributed by atoms with Gasteiger partial charge in [-0.05, 0) is 25.8 Å². The largest absolute Gasteiger partial charge is 0.480 e. The third-order valence-electron chi connectivity index (χ3n) is 2.53. The number of carboxylic acid groups (broad SMARTS) is 1. The number of hydrogen-bond donors (Lipinski definition) is 3. The summed E-state index contributed by atoms with van der Waals surface area (Å²) >= 11 is 0. The van der Waals surface area contributed by atoms with Crippen LogP contribution < -0.4 is 11.2 Å². The number of nitrogens with zero attached hydrogens (tertiary/aromatic N) is 2. The molecule has 1 unspecified atom stereocenters. The minimum Gasteiger partial charge on any atom is -0.480 e. The van der Waals surface area contributed by atoms with Crippen LogP contribution in [0.2, 0.25) is 0 Å². The fourth-order valence-corrected chi connectivity index (χ4v) is 1.50. The number of aliphatic carboxylic acids is 1. The number of nitrogens with two attached hydrogens (primary N) is 1. The van der Waals surface area contributed by atoms with E-state index in [0.717, 1.165) is 12.8 Å². The number of rotatable bonds is 8. The number of hydrogen-bond acceptors (Lipinski definition) is 5. The lowest BCUT2D eigenvalue weighted by atomic mass is 10.1. The summed E-state index contributed by atoms with van der Waals surface area (Å²) in [7, 11) is 0. The van der Waals surface area contributed by atoms with E-state index in [1.807, 2.05) is 12.2 Å². The number of carbonyl (C=O) groups is 1. The Balaban J connectivity index is 2.29. The van der Waals surface area contributed by atoms with Crippen molar-refractivity contribution in [2.75, 3.05) is 13.2 Å².